The first kappa shape index (κ1) is 38.9. The minimum Gasteiger partial charge on any atom is -0.478 e. The molecule has 63 heavy (non-hydrogen) atoms. The second-order valence-electron chi connectivity index (χ2n) is 15.6. The van der Waals surface area contributed by atoms with E-state index in [2.05, 4.69) is 53.1 Å². The number of carboxylic acid groups (broad SMARTS) is 1. The van der Waals surface area contributed by atoms with Crippen molar-refractivity contribution >= 4 is 55.8 Å². The molecule has 3 heterocycles. The highest BCUT2D eigenvalue weighted by Gasteiger charge is 2.26. The lowest BCUT2D eigenvalue weighted by molar-refractivity contribution is 0.0697. The van der Waals surface area contributed by atoms with Crippen molar-refractivity contribution in [3.8, 4) is 22.5 Å². The molecule has 9 heteroatoms. The Morgan fingerprint density at radius 1 is 0.571 bits per heavy atom. The number of nitrogens with zero attached hydrogens (tertiary/aromatic N) is 2. The number of carbonyl (C=O) groups is 1. The first-order valence-electron chi connectivity index (χ1n) is 20.8. The van der Waals surface area contributed by atoms with Crippen molar-refractivity contribution in [3.05, 3.63) is 219 Å². The molecule has 0 saturated carbocycles. The summed E-state index contributed by atoms with van der Waals surface area (Å²) in [6, 6.07) is 54.4. The molecule has 2 aromatic heterocycles. The summed E-state index contributed by atoms with van der Waals surface area (Å²) in [4.78, 5) is 36.9. The number of hydrogen-bond donors (Lipinski definition) is 4. The third kappa shape index (κ3) is 7.68. The first-order valence-corrected chi connectivity index (χ1v) is 20.8. The lowest BCUT2D eigenvalue weighted by Crippen LogP contribution is -2.15. The van der Waals surface area contributed by atoms with Crippen LogP contribution in [0.5, 0.6) is 0 Å². The molecule has 0 fully saturated rings. The van der Waals surface area contributed by atoms with Gasteiger partial charge in [0.15, 0.2) is 5.43 Å². The number of para-hydroxylation sites is 2. The summed E-state index contributed by atoms with van der Waals surface area (Å²) in [5.41, 5.74) is 17.7. The van der Waals surface area contributed by atoms with E-state index in [-0.39, 0.29) is 24.1 Å². The molecule has 5 N–H and O–H groups in total. The van der Waals surface area contributed by atoms with Crippen molar-refractivity contribution in [2.24, 2.45) is 0 Å². The largest absolute Gasteiger partial charge is 0.478 e. The van der Waals surface area contributed by atoms with E-state index >= 15 is 0 Å². The van der Waals surface area contributed by atoms with Gasteiger partial charge in [0.25, 0.3) is 0 Å². The monoisotopic (exact) mass is 823 g/mol. The Morgan fingerprint density at radius 2 is 1.14 bits per heavy atom. The van der Waals surface area contributed by atoms with E-state index in [1.54, 1.807) is 24.3 Å². The van der Waals surface area contributed by atoms with E-state index in [0.29, 0.717) is 63.1 Å². The quantitative estimate of drug-likeness (QED) is 0.0699. The lowest BCUT2D eigenvalue weighted by atomic mass is 9.88. The van der Waals surface area contributed by atoms with Crippen LogP contribution in [-0.4, -0.2) is 21.0 Å². The van der Waals surface area contributed by atoms with E-state index < -0.39 is 5.97 Å². The van der Waals surface area contributed by atoms with Gasteiger partial charge in [0, 0.05) is 75.9 Å². The molecular weight excluding hydrogens is 783 g/mol. The highest BCUT2D eigenvalue weighted by molar-refractivity contribution is 6.09. The fourth-order valence-corrected chi connectivity index (χ4v) is 8.49. The molecule has 306 valence electrons. The Morgan fingerprint density at radius 3 is 1.75 bits per heavy atom. The Kier molecular flexibility index (Phi) is 10.3. The van der Waals surface area contributed by atoms with Gasteiger partial charge >= 0.3 is 5.97 Å². The van der Waals surface area contributed by atoms with Crippen LogP contribution >= 0.6 is 0 Å². The highest BCUT2D eigenvalue weighted by atomic mass is 16.4. The summed E-state index contributed by atoms with van der Waals surface area (Å²) in [5, 5.41) is 20.2. The van der Waals surface area contributed by atoms with Gasteiger partial charge < -0.3 is 25.9 Å². The minimum absolute atomic E-state index is 0.109. The molecule has 6 aromatic carbocycles. The van der Waals surface area contributed by atoms with Crippen LogP contribution in [0.2, 0.25) is 0 Å². The first-order chi connectivity index (χ1) is 30.9. The molecule has 0 saturated heterocycles. The summed E-state index contributed by atoms with van der Waals surface area (Å²) >= 11 is 0. The maximum absolute atomic E-state index is 14.0. The van der Waals surface area contributed by atoms with Crippen molar-refractivity contribution in [2.45, 2.75) is 25.9 Å². The van der Waals surface area contributed by atoms with Crippen molar-refractivity contribution in [2.75, 3.05) is 16.4 Å². The van der Waals surface area contributed by atoms with Gasteiger partial charge in [0.05, 0.1) is 33.5 Å². The second kappa shape index (κ2) is 16.6. The van der Waals surface area contributed by atoms with Crippen LogP contribution in [-0.2, 0) is 25.9 Å². The van der Waals surface area contributed by atoms with Crippen LogP contribution in [0.1, 0.15) is 44.0 Å². The maximum Gasteiger partial charge on any atom is 0.336 e. The molecule has 0 bridgehead atoms. The average molecular weight is 824 g/mol. The minimum atomic E-state index is -1.07. The number of fused-ring (bicyclic) bond motifs is 4. The van der Waals surface area contributed by atoms with Crippen LogP contribution < -0.4 is 21.8 Å². The number of nitrogens with two attached hydrogens (primary N) is 1. The van der Waals surface area contributed by atoms with Crippen LogP contribution in [0.25, 0.3) is 55.2 Å². The number of hydrogen-bond acceptors (Lipinski definition) is 8. The number of nitrogen functional groups attached to an aromatic ring is 1. The summed E-state index contributed by atoms with van der Waals surface area (Å²) < 4.78 is 6.92. The number of rotatable bonds is 12. The number of pyridine rings is 2. The average Bonchev–Trinajstić information content (AvgIpc) is 3.31. The predicted molar refractivity (Wildman–Crippen MR) is 253 cm³/mol. The van der Waals surface area contributed by atoms with Gasteiger partial charge in [-0.15, -0.1) is 0 Å². The number of nitrogens with one attached hydrogen (secondary N) is 2. The fraction of sp³-hybridized carbons (Fsp3) is 0.0741. The molecular formula is C54H41N5O4. The number of anilines is 3. The van der Waals surface area contributed by atoms with E-state index in [4.69, 9.17) is 20.1 Å². The lowest BCUT2D eigenvalue weighted by Gasteiger charge is -2.21. The SMILES string of the molecule is Nc1ccc2c(-c3ccccc3C(=O)O)c3ccc(=O)c(CNc4cccc5ccc(Cc6ccccc6)nc45)c-3oc2c1CNc1cccc2ccc(Cc3ccccc3)nc12. The Hall–Kier alpha value is -8.30. The fourth-order valence-electron chi connectivity index (χ4n) is 8.49. The zero-order chi connectivity index (χ0) is 42.9. The van der Waals surface area contributed by atoms with Crippen molar-refractivity contribution < 1.29 is 14.3 Å². The summed E-state index contributed by atoms with van der Waals surface area (Å²) in [6.45, 7) is 0.358. The Balaban J connectivity index is 1.08. The Bertz CT molecular complexity index is 3370. The zero-order valence-electron chi connectivity index (χ0n) is 34.1. The van der Waals surface area contributed by atoms with Crippen LogP contribution in [0.4, 0.5) is 17.1 Å². The van der Waals surface area contributed by atoms with E-state index in [1.807, 2.05) is 97.1 Å². The third-order valence-corrected chi connectivity index (χ3v) is 11.6. The molecule has 8 aromatic rings. The normalized spacial score (nSPS) is 11.4. The van der Waals surface area contributed by atoms with Crippen molar-refractivity contribution in [1.82, 2.24) is 9.97 Å². The standard InChI is InChI=1S/C54H41N5O4/c55-45-27-25-41-49(39-17-7-8-18-40(39)54(61)62)42-26-28-48(60)44(32-57-47-20-10-16-36-22-24-38(59-51(36)47)30-34-13-5-2-6-14-34)53(42)63-52(41)43(45)31-56-46-19-9-15-35-21-23-37(58-50(35)46)29-33-11-3-1-4-12-33/h1-28,56-57H,29-32,55H2,(H,61,62). The molecule has 9 nitrogen and oxygen atoms in total. The maximum atomic E-state index is 14.0. The van der Waals surface area contributed by atoms with Crippen molar-refractivity contribution in [3.63, 3.8) is 0 Å². The molecule has 1 aliphatic carbocycles. The van der Waals surface area contributed by atoms with Crippen molar-refractivity contribution in [1.29, 1.82) is 0 Å². The van der Waals surface area contributed by atoms with Gasteiger partial charge in [-0.2, -0.15) is 0 Å². The van der Waals surface area contributed by atoms with Crippen LogP contribution in [0.15, 0.2) is 179 Å². The van der Waals surface area contributed by atoms with Gasteiger partial charge in [-0.1, -0.05) is 115 Å². The third-order valence-electron chi connectivity index (χ3n) is 11.6. The van der Waals surface area contributed by atoms with Gasteiger partial charge in [-0.25, -0.2) is 4.79 Å². The molecule has 0 atom stereocenters. The van der Waals surface area contributed by atoms with E-state index in [1.165, 1.54) is 11.6 Å². The number of aromatic carboxylic acids is 1. The number of benzene rings is 7. The predicted octanol–water partition coefficient (Wildman–Crippen LogP) is 11.3. The molecule has 1 aliphatic heterocycles. The van der Waals surface area contributed by atoms with Crippen LogP contribution in [0, 0.1) is 0 Å². The highest BCUT2D eigenvalue weighted by Crippen LogP contribution is 2.44. The topological polar surface area (TPSA) is 143 Å². The number of aromatic nitrogens is 2. The number of carboxylic acids is 1. The summed E-state index contributed by atoms with van der Waals surface area (Å²) in [5.74, 6) is -0.738. The summed E-state index contributed by atoms with van der Waals surface area (Å²) in [6.07, 6.45) is 1.37. The van der Waals surface area contributed by atoms with Gasteiger partial charge in [-0.3, -0.25) is 14.8 Å². The molecule has 10 rings (SSSR count). The Labute approximate surface area is 362 Å². The summed E-state index contributed by atoms with van der Waals surface area (Å²) in [7, 11) is 0. The van der Waals surface area contributed by atoms with Gasteiger partial charge in [0.1, 0.15) is 11.3 Å². The molecule has 2 aliphatic rings. The second-order valence-corrected chi connectivity index (χ2v) is 15.6. The molecule has 0 amide bonds. The van der Waals surface area contributed by atoms with Gasteiger partial charge in [0.2, 0.25) is 0 Å². The molecule has 0 unspecified atom stereocenters. The van der Waals surface area contributed by atoms with Gasteiger partial charge in [-0.05, 0) is 71.3 Å². The van der Waals surface area contributed by atoms with E-state index in [0.717, 1.165) is 50.1 Å². The van der Waals surface area contributed by atoms with Crippen LogP contribution in [0.3, 0.4) is 0 Å². The molecule has 0 spiro atoms. The van der Waals surface area contributed by atoms with E-state index in [9.17, 15) is 14.7 Å². The zero-order valence-corrected chi connectivity index (χ0v) is 34.1. The molecule has 0 radical (unpaired) electrons. The smallest absolute Gasteiger partial charge is 0.336 e.